The molecule has 2 heterocycles. The van der Waals surface area contributed by atoms with Gasteiger partial charge in [0.05, 0.1) is 13.2 Å². The fourth-order valence-corrected chi connectivity index (χ4v) is 3.76. The zero-order valence-electron chi connectivity index (χ0n) is 16.1. The minimum absolute atomic E-state index is 0.177. The SMILES string of the molecule is COc1cccc(N2C(=O)c3n[nH]c(CC(C)C)c3C2c2ccc(F)cc2)c1. The van der Waals surface area contributed by atoms with Crippen molar-refractivity contribution in [1.82, 2.24) is 10.2 Å². The van der Waals surface area contributed by atoms with E-state index in [0.717, 1.165) is 23.2 Å². The number of carbonyl (C=O) groups is 1. The first-order chi connectivity index (χ1) is 13.5. The Hall–Kier alpha value is -3.15. The van der Waals surface area contributed by atoms with Crippen molar-refractivity contribution in [3.63, 3.8) is 0 Å². The average molecular weight is 379 g/mol. The van der Waals surface area contributed by atoms with Gasteiger partial charge in [-0.05, 0) is 42.2 Å². The van der Waals surface area contributed by atoms with Crippen LogP contribution in [0.3, 0.4) is 0 Å². The van der Waals surface area contributed by atoms with Gasteiger partial charge in [0.1, 0.15) is 11.6 Å². The number of halogens is 1. The first-order valence-electron chi connectivity index (χ1n) is 9.29. The molecule has 28 heavy (non-hydrogen) atoms. The van der Waals surface area contributed by atoms with E-state index >= 15 is 0 Å². The minimum Gasteiger partial charge on any atom is -0.497 e. The first-order valence-corrected chi connectivity index (χ1v) is 9.29. The van der Waals surface area contributed by atoms with E-state index in [1.807, 2.05) is 24.3 Å². The Morgan fingerprint density at radius 3 is 2.64 bits per heavy atom. The van der Waals surface area contributed by atoms with Gasteiger partial charge in [-0.3, -0.25) is 14.8 Å². The molecule has 6 heteroatoms. The lowest BCUT2D eigenvalue weighted by atomic mass is 9.95. The molecule has 1 atom stereocenters. The summed E-state index contributed by atoms with van der Waals surface area (Å²) in [5.41, 5.74) is 3.79. The fraction of sp³-hybridized carbons (Fsp3) is 0.273. The number of aromatic amines is 1. The summed E-state index contributed by atoms with van der Waals surface area (Å²) in [7, 11) is 1.59. The number of hydrogen-bond acceptors (Lipinski definition) is 3. The van der Waals surface area contributed by atoms with Crippen LogP contribution in [0.1, 0.15) is 47.2 Å². The summed E-state index contributed by atoms with van der Waals surface area (Å²) in [6.45, 7) is 4.24. The molecule has 2 aromatic carbocycles. The maximum absolute atomic E-state index is 13.5. The van der Waals surface area contributed by atoms with E-state index in [0.29, 0.717) is 23.0 Å². The Morgan fingerprint density at radius 2 is 1.96 bits per heavy atom. The van der Waals surface area contributed by atoms with Crippen LogP contribution in [0.4, 0.5) is 10.1 Å². The molecule has 0 saturated carbocycles. The van der Waals surface area contributed by atoms with Crippen molar-refractivity contribution in [2.75, 3.05) is 12.0 Å². The van der Waals surface area contributed by atoms with Gasteiger partial charge >= 0.3 is 0 Å². The molecular weight excluding hydrogens is 357 g/mol. The highest BCUT2D eigenvalue weighted by atomic mass is 19.1. The van der Waals surface area contributed by atoms with Crippen LogP contribution in [-0.2, 0) is 6.42 Å². The van der Waals surface area contributed by atoms with E-state index in [9.17, 15) is 9.18 Å². The third kappa shape index (κ3) is 3.05. The van der Waals surface area contributed by atoms with Gasteiger partial charge in [-0.15, -0.1) is 0 Å². The third-order valence-electron chi connectivity index (χ3n) is 4.97. The monoisotopic (exact) mass is 379 g/mol. The molecule has 1 aromatic heterocycles. The minimum atomic E-state index is -0.372. The lowest BCUT2D eigenvalue weighted by Crippen LogP contribution is -2.29. The Morgan fingerprint density at radius 1 is 1.21 bits per heavy atom. The number of amides is 1. The Balaban J connectivity index is 1.88. The lowest BCUT2D eigenvalue weighted by molar-refractivity contribution is 0.0988. The number of nitrogens with zero attached hydrogens (tertiary/aromatic N) is 2. The Labute approximate surface area is 163 Å². The lowest BCUT2D eigenvalue weighted by Gasteiger charge is -2.27. The van der Waals surface area contributed by atoms with Crippen LogP contribution in [0, 0.1) is 11.7 Å². The molecule has 0 fully saturated rings. The number of rotatable bonds is 5. The Bertz CT molecular complexity index is 1010. The number of anilines is 1. The number of H-pyrrole nitrogens is 1. The van der Waals surface area contributed by atoms with E-state index in [4.69, 9.17) is 4.74 Å². The summed E-state index contributed by atoms with van der Waals surface area (Å²) in [5.74, 6) is 0.579. The standard InChI is InChI=1S/C22H22FN3O2/c1-13(2)11-18-19-20(25-24-18)22(27)26(16-5-4-6-17(12-16)28-3)21(19)14-7-9-15(23)10-8-14/h4-10,12-13,21H,11H2,1-3H3,(H,24,25). The van der Waals surface area contributed by atoms with Gasteiger partial charge in [0.15, 0.2) is 5.69 Å². The highest BCUT2D eigenvalue weighted by molar-refractivity contribution is 6.10. The van der Waals surface area contributed by atoms with Gasteiger partial charge in [-0.1, -0.05) is 32.0 Å². The molecule has 0 spiro atoms. The van der Waals surface area contributed by atoms with Crippen LogP contribution in [0.25, 0.3) is 0 Å². The number of aromatic nitrogens is 2. The summed E-state index contributed by atoms with van der Waals surface area (Å²) >= 11 is 0. The molecule has 1 aliphatic heterocycles. The van der Waals surface area contributed by atoms with E-state index in [1.165, 1.54) is 12.1 Å². The molecule has 1 amide bonds. The molecule has 5 nitrogen and oxygen atoms in total. The molecule has 1 aliphatic rings. The molecule has 3 aromatic rings. The summed E-state index contributed by atoms with van der Waals surface area (Å²) in [4.78, 5) is 15.0. The van der Waals surface area contributed by atoms with E-state index in [1.54, 1.807) is 24.1 Å². The van der Waals surface area contributed by atoms with E-state index < -0.39 is 0 Å². The number of nitrogens with one attached hydrogen (secondary N) is 1. The first kappa shape index (κ1) is 18.2. The molecule has 0 bridgehead atoms. The van der Waals surface area contributed by atoms with Crippen molar-refractivity contribution in [2.45, 2.75) is 26.3 Å². The molecule has 1 N–H and O–H groups in total. The molecule has 0 radical (unpaired) electrons. The number of benzene rings is 2. The maximum Gasteiger partial charge on any atom is 0.280 e. The molecule has 1 unspecified atom stereocenters. The van der Waals surface area contributed by atoms with Crippen molar-refractivity contribution < 1.29 is 13.9 Å². The van der Waals surface area contributed by atoms with Crippen molar-refractivity contribution in [3.05, 3.63) is 76.9 Å². The smallest absolute Gasteiger partial charge is 0.280 e. The summed E-state index contributed by atoms with van der Waals surface area (Å²) in [6, 6.07) is 13.3. The van der Waals surface area contributed by atoms with Crippen LogP contribution in [0.5, 0.6) is 5.75 Å². The average Bonchev–Trinajstić information content (AvgIpc) is 3.21. The Kier molecular flexibility index (Phi) is 4.63. The zero-order chi connectivity index (χ0) is 19.8. The van der Waals surface area contributed by atoms with E-state index in [-0.39, 0.29) is 17.8 Å². The van der Waals surface area contributed by atoms with Crippen LogP contribution < -0.4 is 9.64 Å². The summed E-state index contributed by atoms with van der Waals surface area (Å²) in [6.07, 6.45) is 0.777. The number of ether oxygens (including phenoxy) is 1. The number of carbonyl (C=O) groups excluding carboxylic acids is 1. The van der Waals surface area contributed by atoms with Crippen LogP contribution >= 0.6 is 0 Å². The third-order valence-corrected chi connectivity index (χ3v) is 4.97. The largest absolute Gasteiger partial charge is 0.497 e. The predicted molar refractivity (Wildman–Crippen MR) is 105 cm³/mol. The van der Waals surface area contributed by atoms with Gasteiger partial charge in [-0.25, -0.2) is 4.39 Å². The van der Waals surface area contributed by atoms with Crippen molar-refractivity contribution in [2.24, 2.45) is 5.92 Å². The quantitative estimate of drug-likeness (QED) is 0.710. The van der Waals surface area contributed by atoms with Crippen LogP contribution in [0.15, 0.2) is 48.5 Å². The summed E-state index contributed by atoms with van der Waals surface area (Å²) < 4.78 is 18.9. The van der Waals surface area contributed by atoms with Gasteiger partial charge < -0.3 is 4.74 Å². The number of fused-ring (bicyclic) bond motifs is 1. The van der Waals surface area contributed by atoms with Gasteiger partial charge in [0.25, 0.3) is 5.91 Å². The zero-order valence-corrected chi connectivity index (χ0v) is 16.1. The molecule has 0 aliphatic carbocycles. The predicted octanol–water partition coefficient (Wildman–Crippen LogP) is 4.51. The van der Waals surface area contributed by atoms with Crippen molar-refractivity contribution >= 4 is 11.6 Å². The molecule has 144 valence electrons. The van der Waals surface area contributed by atoms with Gasteiger partial charge in [0.2, 0.25) is 0 Å². The molecular formula is C22H22FN3O2. The second-order valence-electron chi connectivity index (χ2n) is 7.39. The van der Waals surface area contributed by atoms with Crippen molar-refractivity contribution in [3.8, 4) is 5.75 Å². The number of methoxy groups -OCH3 is 1. The van der Waals surface area contributed by atoms with Crippen LogP contribution in [-0.4, -0.2) is 23.2 Å². The second kappa shape index (κ2) is 7.11. The van der Waals surface area contributed by atoms with E-state index in [2.05, 4.69) is 24.0 Å². The molecule has 4 rings (SSSR count). The summed E-state index contributed by atoms with van der Waals surface area (Å²) in [5, 5.41) is 7.37. The second-order valence-corrected chi connectivity index (χ2v) is 7.39. The topological polar surface area (TPSA) is 58.2 Å². The number of hydrogen-bond donors (Lipinski definition) is 1. The maximum atomic E-state index is 13.5. The van der Waals surface area contributed by atoms with Crippen molar-refractivity contribution in [1.29, 1.82) is 0 Å². The van der Waals surface area contributed by atoms with Crippen LogP contribution in [0.2, 0.25) is 0 Å². The van der Waals surface area contributed by atoms with Gasteiger partial charge in [-0.2, -0.15) is 5.10 Å². The normalized spacial score (nSPS) is 16.0. The highest BCUT2D eigenvalue weighted by Gasteiger charge is 2.43. The van der Waals surface area contributed by atoms with Gasteiger partial charge in [0, 0.05) is 23.0 Å². The fourth-order valence-electron chi connectivity index (χ4n) is 3.76. The molecule has 0 saturated heterocycles. The highest BCUT2D eigenvalue weighted by Crippen LogP contribution is 2.43.